The first-order valence-corrected chi connectivity index (χ1v) is 3.07. The number of ether oxygens (including phenoxy) is 1. The van der Waals surface area contributed by atoms with Crippen LogP contribution in [0.15, 0.2) is 17.2 Å². The van der Waals surface area contributed by atoms with E-state index in [9.17, 15) is 4.39 Å². The van der Waals surface area contributed by atoms with Gasteiger partial charge in [0.15, 0.2) is 0 Å². The lowest BCUT2D eigenvalue weighted by Gasteiger charge is -1.99. The van der Waals surface area contributed by atoms with Crippen LogP contribution in [0.5, 0.6) is 5.88 Å². The lowest BCUT2D eigenvalue weighted by Crippen LogP contribution is -1.89. The number of methoxy groups -OCH3 is 1. The van der Waals surface area contributed by atoms with E-state index in [0.29, 0.717) is 10.8 Å². The summed E-state index contributed by atoms with van der Waals surface area (Å²) < 4.78 is 17.1. The molecule has 1 aromatic rings. The van der Waals surface area contributed by atoms with Gasteiger partial charge in [-0.05, 0) is 6.07 Å². The first kappa shape index (κ1) is 7.34. The van der Waals surface area contributed by atoms with Gasteiger partial charge in [0, 0.05) is 0 Å². The highest BCUT2D eigenvalue weighted by Crippen LogP contribution is 2.18. The molecule has 0 N–H and O–H groups in total. The maximum Gasteiger partial charge on any atom is 0.226 e. The summed E-state index contributed by atoms with van der Waals surface area (Å²) in [5, 5.41) is 0. The summed E-state index contributed by atoms with van der Waals surface area (Å²) in [4.78, 5) is 4.03. The normalized spacial score (nSPS) is 9.50. The predicted octanol–water partition coefficient (Wildman–Crippen LogP) is 1.52. The molecule has 0 unspecified atom stereocenters. The van der Waals surface area contributed by atoms with Crippen LogP contribution in [-0.4, -0.2) is 12.1 Å². The maximum atomic E-state index is 12.3. The van der Waals surface area contributed by atoms with Crippen molar-refractivity contribution in [3.8, 4) is 5.88 Å². The molecule has 0 saturated carbocycles. The number of rotatable bonds is 1. The second-order valence-electron chi connectivity index (χ2n) is 1.68. The monoisotopic (exact) mass is 159 g/mol. The summed E-state index contributed by atoms with van der Waals surface area (Å²) in [5.41, 5.74) is 0. The Bertz CT molecular complexity index is 241. The minimum Gasteiger partial charge on any atom is -0.480 e. The molecule has 0 atom stereocenters. The summed E-state index contributed by atoms with van der Waals surface area (Å²) in [6.07, 6.45) is 1.08. The van der Waals surface area contributed by atoms with Crippen LogP contribution in [0.2, 0.25) is 0 Å². The van der Waals surface area contributed by atoms with Crippen LogP contribution in [0.4, 0.5) is 4.39 Å². The molecule has 54 valence electrons. The third-order valence-corrected chi connectivity index (χ3v) is 1.31. The van der Waals surface area contributed by atoms with E-state index in [1.165, 1.54) is 13.2 Å². The van der Waals surface area contributed by atoms with Gasteiger partial charge in [0.1, 0.15) is 5.82 Å². The zero-order chi connectivity index (χ0) is 7.56. The zero-order valence-corrected chi connectivity index (χ0v) is 6.23. The molecule has 10 heavy (non-hydrogen) atoms. The molecule has 1 heterocycles. The van der Waals surface area contributed by atoms with Crippen LogP contribution < -0.4 is 4.74 Å². The largest absolute Gasteiger partial charge is 0.480 e. The standard InChI is InChI=1S/C6H6FNOS/c1-9-6-5(10)2-4(7)3-8-6/h2-3,10H,1H3. The number of halogens is 1. The van der Waals surface area contributed by atoms with Crippen LogP contribution in [0.3, 0.4) is 0 Å². The molecule has 0 aliphatic heterocycles. The summed E-state index contributed by atoms with van der Waals surface area (Å²) in [7, 11) is 1.46. The molecule has 0 bridgehead atoms. The molecule has 1 aromatic heterocycles. The van der Waals surface area contributed by atoms with E-state index >= 15 is 0 Å². The van der Waals surface area contributed by atoms with Crippen molar-refractivity contribution < 1.29 is 9.13 Å². The van der Waals surface area contributed by atoms with E-state index in [0.717, 1.165) is 6.20 Å². The van der Waals surface area contributed by atoms with Gasteiger partial charge in [-0.1, -0.05) is 0 Å². The number of aromatic nitrogens is 1. The lowest BCUT2D eigenvalue weighted by atomic mass is 10.5. The van der Waals surface area contributed by atoms with Crippen molar-refractivity contribution in [3.05, 3.63) is 18.1 Å². The first-order chi connectivity index (χ1) is 4.74. The number of pyridine rings is 1. The highest BCUT2D eigenvalue weighted by molar-refractivity contribution is 7.80. The van der Waals surface area contributed by atoms with Crippen LogP contribution >= 0.6 is 12.6 Å². The molecule has 0 fully saturated rings. The van der Waals surface area contributed by atoms with Crippen LogP contribution in [0.25, 0.3) is 0 Å². The fourth-order valence-corrected chi connectivity index (χ4v) is 0.846. The molecular formula is C6H6FNOS. The molecular weight excluding hydrogens is 153 g/mol. The summed E-state index contributed by atoms with van der Waals surface area (Å²) >= 11 is 3.92. The molecule has 0 radical (unpaired) electrons. The van der Waals surface area contributed by atoms with E-state index in [1.807, 2.05) is 0 Å². The van der Waals surface area contributed by atoms with Crippen molar-refractivity contribution in [1.29, 1.82) is 0 Å². The van der Waals surface area contributed by atoms with Crippen molar-refractivity contribution in [3.63, 3.8) is 0 Å². The number of thiol groups is 1. The van der Waals surface area contributed by atoms with Gasteiger partial charge >= 0.3 is 0 Å². The molecule has 2 nitrogen and oxygen atoms in total. The first-order valence-electron chi connectivity index (χ1n) is 2.62. The summed E-state index contributed by atoms with van der Waals surface area (Å²) in [5.74, 6) is -0.0736. The van der Waals surface area contributed by atoms with Crippen molar-refractivity contribution in [2.45, 2.75) is 4.90 Å². The van der Waals surface area contributed by atoms with E-state index in [1.54, 1.807) is 0 Å². The average Bonchev–Trinajstić information content (AvgIpc) is 1.88. The van der Waals surface area contributed by atoms with Gasteiger partial charge < -0.3 is 4.74 Å². The van der Waals surface area contributed by atoms with Crippen molar-refractivity contribution >= 4 is 12.6 Å². The molecule has 0 saturated heterocycles. The Labute approximate surface area is 63.5 Å². The van der Waals surface area contributed by atoms with Gasteiger partial charge in [0.2, 0.25) is 5.88 Å². The Morgan fingerprint density at radius 3 is 2.90 bits per heavy atom. The van der Waals surface area contributed by atoms with Gasteiger partial charge in [-0.2, -0.15) is 0 Å². The van der Waals surface area contributed by atoms with Crippen molar-refractivity contribution in [1.82, 2.24) is 4.98 Å². The van der Waals surface area contributed by atoms with Crippen molar-refractivity contribution in [2.75, 3.05) is 7.11 Å². The summed E-state index contributed by atoms with van der Waals surface area (Å²) in [6.45, 7) is 0. The molecule has 0 amide bonds. The second kappa shape index (κ2) is 2.88. The summed E-state index contributed by atoms with van der Waals surface area (Å²) in [6, 6.07) is 1.24. The highest BCUT2D eigenvalue weighted by atomic mass is 32.1. The smallest absolute Gasteiger partial charge is 0.226 e. The van der Waals surface area contributed by atoms with Crippen LogP contribution in [0, 0.1) is 5.82 Å². The molecule has 0 aliphatic rings. The number of nitrogens with zero attached hydrogens (tertiary/aromatic N) is 1. The third-order valence-electron chi connectivity index (χ3n) is 0.992. The van der Waals surface area contributed by atoms with Crippen LogP contribution in [0.1, 0.15) is 0 Å². The molecule has 0 spiro atoms. The van der Waals surface area contributed by atoms with E-state index in [2.05, 4.69) is 17.6 Å². The van der Waals surface area contributed by atoms with Gasteiger partial charge in [0.25, 0.3) is 0 Å². The van der Waals surface area contributed by atoms with Gasteiger partial charge in [-0.3, -0.25) is 0 Å². The fourth-order valence-electron chi connectivity index (χ4n) is 0.573. The van der Waals surface area contributed by atoms with Crippen molar-refractivity contribution in [2.24, 2.45) is 0 Å². The van der Waals surface area contributed by atoms with E-state index in [4.69, 9.17) is 4.74 Å². The minimum absolute atomic E-state index is 0.338. The van der Waals surface area contributed by atoms with E-state index in [-0.39, 0.29) is 0 Å². The van der Waals surface area contributed by atoms with E-state index < -0.39 is 5.82 Å². The van der Waals surface area contributed by atoms with Gasteiger partial charge in [-0.25, -0.2) is 9.37 Å². The molecule has 0 aromatic carbocycles. The Morgan fingerprint density at radius 1 is 1.70 bits per heavy atom. The van der Waals surface area contributed by atoms with Gasteiger partial charge in [0.05, 0.1) is 18.2 Å². The quantitative estimate of drug-likeness (QED) is 0.627. The molecule has 0 aliphatic carbocycles. The second-order valence-corrected chi connectivity index (χ2v) is 2.16. The Balaban J connectivity index is 3.07. The molecule has 1 rings (SSSR count). The number of hydrogen-bond acceptors (Lipinski definition) is 3. The Kier molecular flexibility index (Phi) is 2.11. The van der Waals surface area contributed by atoms with Crippen LogP contribution in [-0.2, 0) is 0 Å². The number of hydrogen-bond donors (Lipinski definition) is 1. The average molecular weight is 159 g/mol. The molecule has 4 heteroatoms. The predicted molar refractivity (Wildman–Crippen MR) is 38.0 cm³/mol. The SMILES string of the molecule is COc1ncc(F)cc1S. The minimum atomic E-state index is -0.411. The zero-order valence-electron chi connectivity index (χ0n) is 5.34. The third kappa shape index (κ3) is 1.39. The Hall–Kier alpha value is -0.770. The fraction of sp³-hybridized carbons (Fsp3) is 0.167. The Morgan fingerprint density at radius 2 is 2.40 bits per heavy atom. The highest BCUT2D eigenvalue weighted by Gasteiger charge is 1.99. The maximum absolute atomic E-state index is 12.3. The topological polar surface area (TPSA) is 22.1 Å². The van der Waals surface area contributed by atoms with Gasteiger partial charge in [-0.15, -0.1) is 12.6 Å². The lowest BCUT2D eigenvalue weighted by molar-refractivity contribution is 0.384.